The Hall–Kier alpha value is -1.67. The standard InChI is InChI=1S/C12H17N3O4S/c1-9-5-6-14(8-9)20(18,19)10-3-4-12(15(16)17)11(7-10)13-2/h3-4,7,9,13H,5-6,8H2,1-2H3. The second-order valence-electron chi connectivity index (χ2n) is 4.94. The molecule has 0 saturated carbocycles. The molecule has 1 atom stereocenters. The number of nitro benzene ring substituents is 1. The Kier molecular flexibility index (Phi) is 3.96. The van der Waals surface area contributed by atoms with Gasteiger partial charge in [-0.1, -0.05) is 6.92 Å². The molecule has 0 radical (unpaired) electrons. The summed E-state index contributed by atoms with van der Waals surface area (Å²) in [5.74, 6) is 0.339. The number of sulfonamides is 1. The predicted molar refractivity (Wildman–Crippen MR) is 75.2 cm³/mol. The van der Waals surface area contributed by atoms with Crippen LogP contribution in [0.15, 0.2) is 23.1 Å². The third-order valence-corrected chi connectivity index (χ3v) is 5.32. The van der Waals surface area contributed by atoms with E-state index in [-0.39, 0.29) is 16.3 Å². The Bertz CT molecular complexity index is 630. The SMILES string of the molecule is CNc1cc(S(=O)(=O)N2CCC(C)C2)ccc1[N+](=O)[O-]. The van der Waals surface area contributed by atoms with E-state index < -0.39 is 14.9 Å². The first-order valence-electron chi connectivity index (χ1n) is 6.32. The Morgan fingerprint density at radius 2 is 2.15 bits per heavy atom. The van der Waals surface area contributed by atoms with E-state index in [0.717, 1.165) is 6.42 Å². The zero-order valence-electron chi connectivity index (χ0n) is 11.4. The van der Waals surface area contributed by atoms with Crippen molar-refractivity contribution in [1.82, 2.24) is 4.31 Å². The van der Waals surface area contributed by atoms with Crippen LogP contribution >= 0.6 is 0 Å². The van der Waals surface area contributed by atoms with Crippen molar-refractivity contribution in [3.63, 3.8) is 0 Å². The molecule has 2 rings (SSSR count). The lowest BCUT2D eigenvalue weighted by atomic mass is 10.2. The van der Waals surface area contributed by atoms with Gasteiger partial charge in [0.2, 0.25) is 10.0 Å². The first-order chi connectivity index (χ1) is 9.36. The van der Waals surface area contributed by atoms with Gasteiger partial charge in [-0.05, 0) is 24.5 Å². The van der Waals surface area contributed by atoms with Gasteiger partial charge in [-0.3, -0.25) is 10.1 Å². The summed E-state index contributed by atoms with van der Waals surface area (Å²) in [5.41, 5.74) is 0.0598. The number of rotatable bonds is 4. The quantitative estimate of drug-likeness (QED) is 0.674. The highest BCUT2D eigenvalue weighted by Gasteiger charge is 2.31. The molecular formula is C12H17N3O4S. The van der Waals surface area contributed by atoms with Crippen molar-refractivity contribution in [1.29, 1.82) is 0 Å². The number of nitro groups is 1. The van der Waals surface area contributed by atoms with Gasteiger partial charge in [0.25, 0.3) is 5.69 Å². The van der Waals surface area contributed by atoms with E-state index in [1.54, 1.807) is 0 Å². The third-order valence-electron chi connectivity index (χ3n) is 3.46. The van der Waals surface area contributed by atoms with E-state index in [0.29, 0.717) is 19.0 Å². The third kappa shape index (κ3) is 2.61. The number of anilines is 1. The number of nitrogens with zero attached hydrogens (tertiary/aromatic N) is 2. The van der Waals surface area contributed by atoms with Crippen LogP contribution in [0.4, 0.5) is 11.4 Å². The van der Waals surface area contributed by atoms with Crippen molar-refractivity contribution in [3.8, 4) is 0 Å². The van der Waals surface area contributed by atoms with Crippen molar-refractivity contribution < 1.29 is 13.3 Å². The number of nitrogens with one attached hydrogen (secondary N) is 1. The maximum absolute atomic E-state index is 12.5. The zero-order chi connectivity index (χ0) is 14.9. The van der Waals surface area contributed by atoms with Crippen molar-refractivity contribution >= 4 is 21.4 Å². The Morgan fingerprint density at radius 3 is 2.65 bits per heavy atom. The summed E-state index contributed by atoms with van der Waals surface area (Å²) in [4.78, 5) is 10.4. The summed E-state index contributed by atoms with van der Waals surface area (Å²) < 4.78 is 26.3. The molecule has 0 spiro atoms. The van der Waals surface area contributed by atoms with Crippen molar-refractivity contribution in [2.45, 2.75) is 18.2 Å². The lowest BCUT2D eigenvalue weighted by Gasteiger charge is -2.16. The highest BCUT2D eigenvalue weighted by atomic mass is 32.2. The van der Waals surface area contributed by atoms with Crippen LogP contribution in [-0.4, -0.2) is 37.8 Å². The number of benzene rings is 1. The molecule has 20 heavy (non-hydrogen) atoms. The van der Waals surface area contributed by atoms with Gasteiger partial charge in [0, 0.05) is 26.2 Å². The molecule has 1 N–H and O–H groups in total. The minimum Gasteiger partial charge on any atom is -0.383 e. The van der Waals surface area contributed by atoms with Crippen LogP contribution in [0.3, 0.4) is 0 Å². The van der Waals surface area contributed by atoms with Crippen molar-refractivity contribution in [3.05, 3.63) is 28.3 Å². The minimum atomic E-state index is -3.58. The summed E-state index contributed by atoms with van der Waals surface area (Å²) in [5, 5.41) is 13.5. The van der Waals surface area contributed by atoms with Crippen LogP contribution < -0.4 is 5.32 Å². The molecule has 1 aromatic rings. The van der Waals surface area contributed by atoms with Gasteiger partial charge < -0.3 is 5.32 Å². The second-order valence-corrected chi connectivity index (χ2v) is 6.88. The lowest BCUT2D eigenvalue weighted by Crippen LogP contribution is -2.28. The molecule has 1 aliphatic heterocycles. The molecule has 0 aromatic heterocycles. The van der Waals surface area contributed by atoms with E-state index in [1.165, 1.54) is 29.6 Å². The fourth-order valence-electron chi connectivity index (χ4n) is 2.30. The van der Waals surface area contributed by atoms with Gasteiger partial charge in [0.05, 0.1) is 9.82 Å². The van der Waals surface area contributed by atoms with Crippen LogP contribution in [0, 0.1) is 16.0 Å². The Morgan fingerprint density at radius 1 is 1.45 bits per heavy atom. The van der Waals surface area contributed by atoms with E-state index in [1.807, 2.05) is 6.92 Å². The molecule has 1 aliphatic rings. The monoisotopic (exact) mass is 299 g/mol. The van der Waals surface area contributed by atoms with Crippen molar-refractivity contribution in [2.24, 2.45) is 5.92 Å². The summed E-state index contributed by atoms with van der Waals surface area (Å²) in [6.07, 6.45) is 0.838. The topological polar surface area (TPSA) is 92.6 Å². The molecule has 110 valence electrons. The molecule has 1 heterocycles. The van der Waals surface area contributed by atoms with E-state index >= 15 is 0 Å². The van der Waals surface area contributed by atoms with E-state index in [2.05, 4.69) is 5.32 Å². The molecule has 0 bridgehead atoms. The summed E-state index contributed by atoms with van der Waals surface area (Å²) >= 11 is 0. The van der Waals surface area contributed by atoms with Gasteiger partial charge >= 0.3 is 0 Å². The minimum absolute atomic E-state index is 0.0848. The second kappa shape index (κ2) is 5.37. The molecule has 0 amide bonds. The lowest BCUT2D eigenvalue weighted by molar-refractivity contribution is -0.384. The first-order valence-corrected chi connectivity index (χ1v) is 7.76. The van der Waals surface area contributed by atoms with Gasteiger partial charge in [0.1, 0.15) is 5.69 Å². The molecule has 1 unspecified atom stereocenters. The molecule has 1 saturated heterocycles. The fourth-order valence-corrected chi connectivity index (χ4v) is 3.90. The summed E-state index contributed by atoms with van der Waals surface area (Å²) in [6, 6.07) is 3.83. The number of hydrogen-bond donors (Lipinski definition) is 1. The van der Waals surface area contributed by atoms with Gasteiger partial charge in [0.15, 0.2) is 0 Å². The van der Waals surface area contributed by atoms with Crippen LogP contribution in [0.25, 0.3) is 0 Å². The smallest absolute Gasteiger partial charge is 0.292 e. The molecule has 1 fully saturated rings. The number of hydrogen-bond acceptors (Lipinski definition) is 5. The maximum Gasteiger partial charge on any atom is 0.292 e. The van der Waals surface area contributed by atoms with E-state index in [9.17, 15) is 18.5 Å². The van der Waals surface area contributed by atoms with Crippen LogP contribution in [0.5, 0.6) is 0 Å². The zero-order valence-corrected chi connectivity index (χ0v) is 12.2. The summed E-state index contributed by atoms with van der Waals surface area (Å²) in [7, 11) is -2.05. The van der Waals surface area contributed by atoms with Gasteiger partial charge in [-0.25, -0.2) is 8.42 Å². The van der Waals surface area contributed by atoms with Gasteiger partial charge in [-0.15, -0.1) is 0 Å². The largest absolute Gasteiger partial charge is 0.383 e. The summed E-state index contributed by atoms with van der Waals surface area (Å²) in [6.45, 7) is 2.99. The maximum atomic E-state index is 12.5. The fraction of sp³-hybridized carbons (Fsp3) is 0.500. The first kappa shape index (κ1) is 14.7. The van der Waals surface area contributed by atoms with Gasteiger partial charge in [-0.2, -0.15) is 4.31 Å². The van der Waals surface area contributed by atoms with Crippen LogP contribution in [0.2, 0.25) is 0 Å². The predicted octanol–water partition coefficient (Wildman–Crippen LogP) is 1.67. The Labute approximate surface area is 117 Å². The molecule has 0 aliphatic carbocycles. The van der Waals surface area contributed by atoms with Crippen molar-refractivity contribution in [2.75, 3.05) is 25.5 Å². The Balaban J connectivity index is 2.40. The molecule has 7 nitrogen and oxygen atoms in total. The van der Waals surface area contributed by atoms with E-state index in [4.69, 9.17) is 0 Å². The molecule has 8 heteroatoms. The molecule has 1 aromatic carbocycles. The highest BCUT2D eigenvalue weighted by molar-refractivity contribution is 7.89. The average molecular weight is 299 g/mol. The normalized spacial score (nSPS) is 20.0. The molecular weight excluding hydrogens is 282 g/mol. The van der Waals surface area contributed by atoms with Crippen LogP contribution in [-0.2, 0) is 10.0 Å². The average Bonchev–Trinajstić information content (AvgIpc) is 2.85. The van der Waals surface area contributed by atoms with Crippen LogP contribution in [0.1, 0.15) is 13.3 Å². The highest BCUT2D eigenvalue weighted by Crippen LogP contribution is 2.30.